The van der Waals surface area contributed by atoms with Crippen molar-refractivity contribution in [2.24, 2.45) is 29.6 Å². The molecule has 1 fully saturated rings. The Morgan fingerprint density at radius 3 is 2.29 bits per heavy atom. The van der Waals surface area contributed by atoms with E-state index in [2.05, 4.69) is 34.6 Å². The van der Waals surface area contributed by atoms with E-state index in [0.29, 0.717) is 0 Å². The summed E-state index contributed by atoms with van der Waals surface area (Å²) in [5.41, 5.74) is 0. The van der Waals surface area contributed by atoms with Crippen molar-refractivity contribution in [3.05, 3.63) is 0 Å². The van der Waals surface area contributed by atoms with E-state index in [1.54, 1.807) is 0 Å². The second kappa shape index (κ2) is 5.19. The van der Waals surface area contributed by atoms with Crippen molar-refractivity contribution in [3.63, 3.8) is 0 Å². The van der Waals surface area contributed by atoms with Crippen LogP contribution in [0.2, 0.25) is 0 Å². The van der Waals surface area contributed by atoms with Gasteiger partial charge in [-0.05, 0) is 42.4 Å². The summed E-state index contributed by atoms with van der Waals surface area (Å²) < 4.78 is 0. The summed E-state index contributed by atoms with van der Waals surface area (Å²) in [6.45, 7) is 12.0. The predicted molar refractivity (Wildman–Crippen MR) is 64.3 cm³/mol. The fourth-order valence-electron chi connectivity index (χ4n) is 3.73. The highest BCUT2D eigenvalue weighted by Crippen LogP contribution is 2.44. The van der Waals surface area contributed by atoms with E-state index in [0.717, 1.165) is 29.6 Å². The molecule has 0 amide bonds. The predicted octanol–water partition coefficient (Wildman–Crippen LogP) is 4.74. The minimum Gasteiger partial charge on any atom is -0.0651 e. The number of rotatable bonds is 4. The molecule has 14 heavy (non-hydrogen) atoms. The van der Waals surface area contributed by atoms with Gasteiger partial charge in [0.05, 0.1) is 0 Å². The zero-order chi connectivity index (χ0) is 10.7. The second-order valence-corrected chi connectivity index (χ2v) is 5.91. The van der Waals surface area contributed by atoms with Crippen LogP contribution in [0.4, 0.5) is 0 Å². The molecule has 1 rings (SSSR count). The lowest BCUT2D eigenvalue weighted by Gasteiger charge is -2.29. The average Bonchev–Trinajstić information content (AvgIpc) is 2.45. The quantitative estimate of drug-likeness (QED) is 0.609. The van der Waals surface area contributed by atoms with Crippen LogP contribution in [0.25, 0.3) is 0 Å². The van der Waals surface area contributed by atoms with Crippen molar-refractivity contribution in [2.75, 3.05) is 0 Å². The Balaban J connectivity index is 2.54. The van der Waals surface area contributed by atoms with Gasteiger partial charge in [-0.15, -0.1) is 0 Å². The first-order chi connectivity index (χ1) is 6.56. The SMILES string of the molecule is CCC1CCC(C)C1C(C)CC(C)C. The maximum absolute atomic E-state index is 2.48. The van der Waals surface area contributed by atoms with Gasteiger partial charge >= 0.3 is 0 Å². The largest absolute Gasteiger partial charge is 0.0651 e. The maximum atomic E-state index is 2.48. The average molecular weight is 196 g/mol. The summed E-state index contributed by atoms with van der Waals surface area (Å²) in [6, 6.07) is 0. The van der Waals surface area contributed by atoms with E-state index in [1.165, 1.54) is 25.7 Å². The normalized spacial score (nSPS) is 35.1. The molecule has 0 spiro atoms. The monoisotopic (exact) mass is 196 g/mol. The zero-order valence-electron chi connectivity index (χ0n) is 10.7. The van der Waals surface area contributed by atoms with Crippen molar-refractivity contribution >= 4 is 0 Å². The Hall–Kier alpha value is 0. The molecular formula is C14H28. The Morgan fingerprint density at radius 2 is 1.79 bits per heavy atom. The van der Waals surface area contributed by atoms with Gasteiger partial charge in [-0.3, -0.25) is 0 Å². The summed E-state index contributed by atoms with van der Waals surface area (Å²) in [6.07, 6.45) is 5.79. The first-order valence-corrected chi connectivity index (χ1v) is 6.56. The van der Waals surface area contributed by atoms with Gasteiger partial charge in [-0.2, -0.15) is 0 Å². The molecule has 0 N–H and O–H groups in total. The standard InChI is InChI=1S/C14H28/c1-6-13-8-7-11(4)14(13)12(5)9-10(2)3/h10-14H,6-9H2,1-5H3. The van der Waals surface area contributed by atoms with Crippen molar-refractivity contribution in [2.45, 2.75) is 60.3 Å². The van der Waals surface area contributed by atoms with Gasteiger partial charge in [0, 0.05) is 0 Å². The Bertz CT molecular complexity index is 159. The molecule has 84 valence electrons. The molecule has 1 aliphatic rings. The van der Waals surface area contributed by atoms with Crippen LogP contribution in [-0.2, 0) is 0 Å². The maximum Gasteiger partial charge on any atom is -0.0334 e. The molecule has 0 aromatic carbocycles. The fourth-order valence-corrected chi connectivity index (χ4v) is 3.73. The minimum atomic E-state index is 0.871. The molecule has 0 aromatic rings. The van der Waals surface area contributed by atoms with Crippen LogP contribution in [0, 0.1) is 29.6 Å². The van der Waals surface area contributed by atoms with E-state index in [9.17, 15) is 0 Å². The van der Waals surface area contributed by atoms with E-state index in [-0.39, 0.29) is 0 Å². The van der Waals surface area contributed by atoms with Gasteiger partial charge in [-0.1, -0.05) is 47.5 Å². The highest BCUT2D eigenvalue weighted by molar-refractivity contribution is 4.85. The smallest absolute Gasteiger partial charge is 0.0334 e. The van der Waals surface area contributed by atoms with Crippen LogP contribution in [0.1, 0.15) is 60.3 Å². The van der Waals surface area contributed by atoms with Gasteiger partial charge in [0.25, 0.3) is 0 Å². The van der Waals surface area contributed by atoms with Gasteiger partial charge in [-0.25, -0.2) is 0 Å². The molecule has 4 atom stereocenters. The second-order valence-electron chi connectivity index (χ2n) is 5.91. The Morgan fingerprint density at radius 1 is 1.14 bits per heavy atom. The minimum absolute atomic E-state index is 0.871. The first kappa shape index (κ1) is 12.1. The van der Waals surface area contributed by atoms with Crippen LogP contribution >= 0.6 is 0 Å². The molecule has 0 heteroatoms. The summed E-state index contributed by atoms with van der Waals surface area (Å²) in [5.74, 6) is 4.84. The zero-order valence-corrected chi connectivity index (χ0v) is 10.7. The highest BCUT2D eigenvalue weighted by atomic mass is 14.4. The highest BCUT2D eigenvalue weighted by Gasteiger charge is 2.35. The summed E-state index contributed by atoms with van der Waals surface area (Å²) in [4.78, 5) is 0. The molecule has 0 saturated heterocycles. The molecule has 1 aliphatic carbocycles. The third-order valence-corrected chi connectivity index (χ3v) is 4.22. The van der Waals surface area contributed by atoms with Crippen LogP contribution in [0.5, 0.6) is 0 Å². The molecule has 0 bridgehead atoms. The van der Waals surface area contributed by atoms with Crippen molar-refractivity contribution in [1.29, 1.82) is 0 Å². The van der Waals surface area contributed by atoms with Crippen molar-refractivity contribution in [1.82, 2.24) is 0 Å². The molecule has 0 radical (unpaired) electrons. The van der Waals surface area contributed by atoms with Crippen molar-refractivity contribution in [3.8, 4) is 0 Å². The van der Waals surface area contributed by atoms with Crippen LogP contribution in [0.3, 0.4) is 0 Å². The van der Waals surface area contributed by atoms with E-state index < -0.39 is 0 Å². The molecule has 0 nitrogen and oxygen atoms in total. The molecule has 0 aliphatic heterocycles. The van der Waals surface area contributed by atoms with E-state index in [4.69, 9.17) is 0 Å². The molecule has 1 saturated carbocycles. The molecular weight excluding hydrogens is 168 g/mol. The topological polar surface area (TPSA) is 0 Å². The summed E-state index contributed by atoms with van der Waals surface area (Å²) in [5, 5.41) is 0. The molecule has 4 unspecified atom stereocenters. The molecule has 0 aromatic heterocycles. The van der Waals surface area contributed by atoms with E-state index >= 15 is 0 Å². The summed E-state index contributed by atoms with van der Waals surface area (Å²) >= 11 is 0. The van der Waals surface area contributed by atoms with Gasteiger partial charge in [0.2, 0.25) is 0 Å². The third-order valence-electron chi connectivity index (χ3n) is 4.22. The number of hydrogen-bond acceptors (Lipinski definition) is 0. The van der Waals surface area contributed by atoms with Crippen LogP contribution in [-0.4, -0.2) is 0 Å². The lowest BCUT2D eigenvalue weighted by atomic mass is 9.76. The Labute approximate surface area is 90.5 Å². The van der Waals surface area contributed by atoms with Gasteiger partial charge in [0.1, 0.15) is 0 Å². The van der Waals surface area contributed by atoms with Crippen molar-refractivity contribution < 1.29 is 0 Å². The Kier molecular flexibility index (Phi) is 4.47. The first-order valence-electron chi connectivity index (χ1n) is 6.56. The van der Waals surface area contributed by atoms with Crippen LogP contribution < -0.4 is 0 Å². The van der Waals surface area contributed by atoms with Gasteiger partial charge < -0.3 is 0 Å². The molecule has 0 heterocycles. The third kappa shape index (κ3) is 2.74. The van der Waals surface area contributed by atoms with E-state index in [1.807, 2.05) is 0 Å². The fraction of sp³-hybridized carbons (Fsp3) is 1.00. The number of hydrogen-bond donors (Lipinski definition) is 0. The lowest BCUT2D eigenvalue weighted by Crippen LogP contribution is -2.22. The van der Waals surface area contributed by atoms with Gasteiger partial charge in [0.15, 0.2) is 0 Å². The summed E-state index contributed by atoms with van der Waals surface area (Å²) in [7, 11) is 0. The van der Waals surface area contributed by atoms with Crippen LogP contribution in [0.15, 0.2) is 0 Å². The lowest BCUT2D eigenvalue weighted by molar-refractivity contribution is 0.198.